The number of halogens is 2. The fraction of sp³-hybridized carbons (Fsp3) is 0.375. The molecule has 0 aliphatic heterocycles. The van der Waals surface area contributed by atoms with Crippen LogP contribution in [0.4, 0.5) is 0 Å². The van der Waals surface area contributed by atoms with Gasteiger partial charge in [0.2, 0.25) is 11.6 Å². The first-order valence-electron chi connectivity index (χ1n) is 7.14. The number of nitrogens with one attached hydrogen (secondary N) is 1. The van der Waals surface area contributed by atoms with E-state index >= 15 is 0 Å². The second-order valence-corrected chi connectivity index (χ2v) is 5.22. The highest BCUT2D eigenvalue weighted by Crippen LogP contribution is 2.26. The number of carbonyl (C=O) groups excluding carboxylic acids is 2. The maximum absolute atomic E-state index is 12.4. The molecule has 22 heavy (non-hydrogen) atoms. The van der Waals surface area contributed by atoms with Gasteiger partial charge in [0, 0.05) is 24.2 Å². The summed E-state index contributed by atoms with van der Waals surface area (Å²) in [5, 5.41) is 3.01. The minimum Gasteiger partial charge on any atom is -0.379 e. The second kappa shape index (κ2) is 8.32. The van der Waals surface area contributed by atoms with Gasteiger partial charge in [0.25, 0.3) is 0 Å². The molecule has 0 radical (unpaired) electrons. The molecule has 1 aliphatic rings. The van der Waals surface area contributed by atoms with Crippen LogP contribution >= 0.6 is 24.0 Å². The van der Waals surface area contributed by atoms with Gasteiger partial charge in [-0.3, -0.25) is 9.59 Å². The molecule has 0 heterocycles. The van der Waals surface area contributed by atoms with Crippen LogP contribution in [0.15, 0.2) is 35.0 Å². The molecule has 0 fully saturated rings. The molecule has 0 atom stereocenters. The fourth-order valence-corrected chi connectivity index (χ4v) is 2.64. The minimum atomic E-state index is -0.294. The largest absolute Gasteiger partial charge is 0.379 e. The molecule has 120 valence electrons. The molecule has 4 nitrogen and oxygen atoms in total. The molecule has 2 rings (SSSR count). The van der Waals surface area contributed by atoms with Crippen molar-refractivity contribution in [2.75, 3.05) is 26.2 Å². The molecule has 1 aliphatic carbocycles. The number of fused-ring (bicyclic) bond motifs is 1. The van der Waals surface area contributed by atoms with Gasteiger partial charge in [-0.15, -0.1) is 12.4 Å². The molecule has 1 N–H and O–H groups in total. The standard InChI is InChI=1S/C16H19ClN2O2.ClH/c1-3-19(4-2)10-9-18-14-13(17)15(20)11-7-5-6-8-12(11)16(14)21;/h5-8,18H,3-4,9-10H2,1-2H3;1H. The van der Waals surface area contributed by atoms with Gasteiger partial charge >= 0.3 is 0 Å². The van der Waals surface area contributed by atoms with Crippen molar-refractivity contribution in [3.8, 4) is 0 Å². The number of hydrogen-bond acceptors (Lipinski definition) is 4. The van der Waals surface area contributed by atoms with Gasteiger partial charge < -0.3 is 10.2 Å². The van der Waals surface area contributed by atoms with Crippen LogP contribution in [0, 0.1) is 0 Å². The minimum absolute atomic E-state index is 0. The predicted octanol–water partition coefficient (Wildman–Crippen LogP) is 2.87. The highest BCUT2D eigenvalue weighted by Gasteiger charge is 2.30. The molecule has 6 heteroatoms. The number of carbonyl (C=O) groups is 2. The van der Waals surface area contributed by atoms with Crippen LogP contribution in [0.3, 0.4) is 0 Å². The Balaban J connectivity index is 0.00000242. The van der Waals surface area contributed by atoms with Gasteiger partial charge in [-0.05, 0) is 13.1 Å². The third kappa shape index (κ3) is 3.69. The number of hydrogen-bond donors (Lipinski definition) is 1. The highest BCUT2D eigenvalue weighted by molar-refractivity contribution is 6.49. The van der Waals surface area contributed by atoms with E-state index in [1.807, 2.05) is 0 Å². The summed E-state index contributed by atoms with van der Waals surface area (Å²) < 4.78 is 0. The molecule has 1 aromatic carbocycles. The van der Waals surface area contributed by atoms with E-state index in [0.717, 1.165) is 19.6 Å². The number of likely N-dealkylation sites (N-methyl/N-ethyl adjacent to an activating group) is 1. The van der Waals surface area contributed by atoms with Crippen LogP contribution in [0.5, 0.6) is 0 Å². The Hall–Kier alpha value is -1.36. The topological polar surface area (TPSA) is 49.4 Å². The number of ketones is 2. The summed E-state index contributed by atoms with van der Waals surface area (Å²) in [6, 6.07) is 6.76. The molecule has 0 spiro atoms. The number of nitrogens with zero attached hydrogens (tertiary/aromatic N) is 1. The molecule has 0 amide bonds. The number of rotatable bonds is 6. The first-order chi connectivity index (χ1) is 10.1. The Morgan fingerprint density at radius 3 is 2.14 bits per heavy atom. The number of Topliss-reactive ketones (excluding diaryl/α,β-unsaturated/α-hetero) is 2. The van der Waals surface area contributed by atoms with Gasteiger partial charge in [0.1, 0.15) is 10.7 Å². The Morgan fingerprint density at radius 1 is 1.05 bits per heavy atom. The van der Waals surface area contributed by atoms with Gasteiger partial charge in [-0.2, -0.15) is 0 Å². The number of allylic oxidation sites excluding steroid dienone is 2. The maximum Gasteiger partial charge on any atom is 0.211 e. The van der Waals surface area contributed by atoms with Gasteiger partial charge in [0.05, 0.1) is 0 Å². The Bertz CT molecular complexity index is 596. The average molecular weight is 343 g/mol. The maximum atomic E-state index is 12.4. The summed E-state index contributed by atoms with van der Waals surface area (Å²) in [6.07, 6.45) is 0. The fourth-order valence-electron chi connectivity index (χ4n) is 2.38. The molecule has 1 aromatic rings. The molecule has 0 bridgehead atoms. The quantitative estimate of drug-likeness (QED) is 0.863. The van der Waals surface area contributed by atoms with E-state index in [1.54, 1.807) is 24.3 Å². The normalized spacial score (nSPS) is 14.0. The Labute approximate surface area is 141 Å². The molecular formula is C16H20Cl2N2O2. The summed E-state index contributed by atoms with van der Waals surface area (Å²) in [6.45, 7) is 7.43. The summed E-state index contributed by atoms with van der Waals surface area (Å²) in [4.78, 5) is 26.8. The van der Waals surface area contributed by atoms with E-state index in [1.165, 1.54) is 0 Å². The van der Waals surface area contributed by atoms with Gasteiger partial charge in [-0.25, -0.2) is 0 Å². The zero-order valence-corrected chi connectivity index (χ0v) is 14.3. The summed E-state index contributed by atoms with van der Waals surface area (Å²) in [7, 11) is 0. The van der Waals surface area contributed by atoms with Crippen molar-refractivity contribution in [3.05, 3.63) is 46.1 Å². The third-order valence-corrected chi connectivity index (χ3v) is 4.05. The van der Waals surface area contributed by atoms with Crippen LogP contribution in [0.1, 0.15) is 34.6 Å². The van der Waals surface area contributed by atoms with Gasteiger partial charge in [0.15, 0.2) is 0 Å². The first-order valence-corrected chi connectivity index (χ1v) is 7.52. The van der Waals surface area contributed by atoms with E-state index in [-0.39, 0.29) is 34.7 Å². The predicted molar refractivity (Wildman–Crippen MR) is 91.0 cm³/mol. The SMILES string of the molecule is CCN(CC)CCNC1=C(Cl)C(=O)c2ccccc2C1=O.Cl. The third-order valence-electron chi connectivity index (χ3n) is 3.69. The van der Waals surface area contributed by atoms with Crippen LogP contribution in [0.2, 0.25) is 0 Å². The molecule has 0 unspecified atom stereocenters. The monoisotopic (exact) mass is 342 g/mol. The molecular weight excluding hydrogens is 323 g/mol. The Morgan fingerprint density at radius 2 is 1.59 bits per heavy atom. The molecule has 0 aromatic heterocycles. The van der Waals surface area contributed by atoms with Gasteiger partial charge in [-0.1, -0.05) is 49.7 Å². The lowest BCUT2D eigenvalue weighted by molar-refractivity contribution is 0.0974. The van der Waals surface area contributed by atoms with Crippen LogP contribution in [-0.2, 0) is 0 Å². The smallest absolute Gasteiger partial charge is 0.211 e. The first kappa shape index (κ1) is 18.7. The summed E-state index contributed by atoms with van der Waals surface area (Å²) in [5.74, 6) is -0.507. The lowest BCUT2D eigenvalue weighted by Gasteiger charge is -2.21. The van der Waals surface area contributed by atoms with E-state index in [2.05, 4.69) is 24.1 Å². The number of benzene rings is 1. The summed E-state index contributed by atoms with van der Waals surface area (Å²) >= 11 is 6.07. The van der Waals surface area contributed by atoms with Crippen LogP contribution in [0.25, 0.3) is 0 Å². The summed E-state index contributed by atoms with van der Waals surface area (Å²) in [5.41, 5.74) is 1.01. The van der Waals surface area contributed by atoms with Crippen molar-refractivity contribution in [2.45, 2.75) is 13.8 Å². The lowest BCUT2D eigenvalue weighted by atomic mass is 9.92. The Kier molecular flexibility index (Phi) is 7.07. The zero-order chi connectivity index (χ0) is 15.4. The van der Waals surface area contributed by atoms with Crippen LogP contribution in [-0.4, -0.2) is 42.6 Å². The van der Waals surface area contributed by atoms with Crippen molar-refractivity contribution in [3.63, 3.8) is 0 Å². The van der Waals surface area contributed by atoms with Crippen molar-refractivity contribution in [2.24, 2.45) is 0 Å². The van der Waals surface area contributed by atoms with Crippen molar-refractivity contribution >= 4 is 35.6 Å². The van der Waals surface area contributed by atoms with Crippen molar-refractivity contribution < 1.29 is 9.59 Å². The van der Waals surface area contributed by atoms with Crippen LogP contribution < -0.4 is 5.32 Å². The van der Waals surface area contributed by atoms with E-state index in [0.29, 0.717) is 17.7 Å². The van der Waals surface area contributed by atoms with E-state index in [9.17, 15) is 9.59 Å². The van der Waals surface area contributed by atoms with E-state index < -0.39 is 0 Å². The zero-order valence-electron chi connectivity index (χ0n) is 12.7. The average Bonchev–Trinajstić information content (AvgIpc) is 2.52. The second-order valence-electron chi connectivity index (χ2n) is 4.85. The van der Waals surface area contributed by atoms with E-state index in [4.69, 9.17) is 11.6 Å². The molecule has 0 saturated carbocycles. The van der Waals surface area contributed by atoms with Crippen molar-refractivity contribution in [1.29, 1.82) is 0 Å². The lowest BCUT2D eigenvalue weighted by Crippen LogP contribution is -2.35. The van der Waals surface area contributed by atoms with Crippen molar-refractivity contribution in [1.82, 2.24) is 10.2 Å². The highest BCUT2D eigenvalue weighted by atomic mass is 35.5. The molecule has 0 saturated heterocycles.